The number of nitrogens with zero attached hydrogens (tertiary/aromatic N) is 1. The number of benzene rings is 1. The molecule has 3 nitrogen and oxygen atoms in total. The molecule has 18 heavy (non-hydrogen) atoms. The molecule has 1 heterocycles. The van der Waals surface area contributed by atoms with Crippen LogP contribution in [-0.2, 0) is 0 Å². The van der Waals surface area contributed by atoms with Crippen LogP contribution >= 0.6 is 23.2 Å². The number of hydrogen-bond donors (Lipinski definition) is 1. The van der Waals surface area contributed by atoms with E-state index in [1.54, 1.807) is 25.1 Å². The van der Waals surface area contributed by atoms with Gasteiger partial charge in [0.15, 0.2) is 0 Å². The van der Waals surface area contributed by atoms with E-state index >= 15 is 0 Å². The van der Waals surface area contributed by atoms with E-state index in [0.717, 1.165) is 0 Å². The molecule has 0 atom stereocenters. The second-order valence-electron chi connectivity index (χ2n) is 3.79. The highest BCUT2D eigenvalue weighted by Crippen LogP contribution is 2.33. The van der Waals surface area contributed by atoms with Gasteiger partial charge in [-0.3, -0.25) is 4.98 Å². The van der Waals surface area contributed by atoms with Crippen LogP contribution in [0, 0.1) is 6.92 Å². The van der Waals surface area contributed by atoms with Gasteiger partial charge in [-0.2, -0.15) is 0 Å². The molecule has 92 valence electrons. The number of carboxylic acids is 1. The first-order valence-corrected chi connectivity index (χ1v) is 5.90. The average molecular weight is 282 g/mol. The predicted molar refractivity (Wildman–Crippen MR) is 71.4 cm³/mol. The molecule has 0 saturated carbocycles. The zero-order valence-electron chi connectivity index (χ0n) is 9.45. The molecule has 1 aromatic heterocycles. The van der Waals surface area contributed by atoms with Crippen LogP contribution in [0.2, 0.25) is 10.0 Å². The molecule has 0 radical (unpaired) electrons. The minimum Gasteiger partial charge on any atom is -0.478 e. The van der Waals surface area contributed by atoms with Gasteiger partial charge in [0.1, 0.15) is 0 Å². The highest BCUT2D eigenvalue weighted by Gasteiger charge is 2.14. The van der Waals surface area contributed by atoms with Crippen molar-refractivity contribution in [2.24, 2.45) is 0 Å². The van der Waals surface area contributed by atoms with Crippen molar-refractivity contribution < 1.29 is 9.90 Å². The standard InChI is InChI=1S/C13H9Cl2NO2/c1-7-6-16-11(5-8(7)13(17)18)12-9(14)3-2-4-10(12)15/h2-6H,1H3,(H,17,18). The van der Waals surface area contributed by atoms with Gasteiger partial charge >= 0.3 is 5.97 Å². The van der Waals surface area contributed by atoms with Gasteiger partial charge in [0, 0.05) is 11.8 Å². The fourth-order valence-corrected chi connectivity index (χ4v) is 2.22. The van der Waals surface area contributed by atoms with Gasteiger partial charge in [-0.05, 0) is 30.7 Å². The molecule has 1 aromatic carbocycles. The van der Waals surface area contributed by atoms with Crippen LogP contribution < -0.4 is 0 Å². The van der Waals surface area contributed by atoms with Crippen molar-refractivity contribution in [3.05, 3.63) is 51.6 Å². The lowest BCUT2D eigenvalue weighted by atomic mass is 10.1. The van der Waals surface area contributed by atoms with Gasteiger partial charge < -0.3 is 5.11 Å². The molecule has 0 spiro atoms. The predicted octanol–water partition coefficient (Wildman–Crippen LogP) is 4.06. The first-order chi connectivity index (χ1) is 8.50. The second kappa shape index (κ2) is 4.96. The largest absolute Gasteiger partial charge is 0.478 e. The first-order valence-electron chi connectivity index (χ1n) is 5.15. The SMILES string of the molecule is Cc1cnc(-c2c(Cl)cccc2Cl)cc1C(=O)O. The van der Waals surface area contributed by atoms with E-state index in [4.69, 9.17) is 28.3 Å². The molecule has 0 saturated heterocycles. The number of aromatic nitrogens is 1. The van der Waals surface area contributed by atoms with Crippen molar-refractivity contribution in [1.29, 1.82) is 0 Å². The van der Waals surface area contributed by atoms with E-state index < -0.39 is 5.97 Å². The Balaban J connectivity index is 2.65. The highest BCUT2D eigenvalue weighted by molar-refractivity contribution is 6.39. The first kappa shape index (κ1) is 12.9. The van der Waals surface area contributed by atoms with E-state index in [2.05, 4.69) is 4.98 Å². The van der Waals surface area contributed by atoms with Crippen LogP contribution in [0.15, 0.2) is 30.5 Å². The molecule has 2 rings (SSSR count). The van der Waals surface area contributed by atoms with Gasteiger partial charge in [-0.25, -0.2) is 4.79 Å². The van der Waals surface area contributed by atoms with E-state index in [0.29, 0.717) is 26.9 Å². The molecule has 0 aliphatic carbocycles. The molecule has 0 aliphatic heterocycles. The maximum Gasteiger partial charge on any atom is 0.336 e. The van der Waals surface area contributed by atoms with E-state index in [1.165, 1.54) is 12.3 Å². The van der Waals surface area contributed by atoms with Crippen LogP contribution in [0.1, 0.15) is 15.9 Å². The zero-order chi connectivity index (χ0) is 13.3. The normalized spacial score (nSPS) is 10.4. The molecule has 5 heteroatoms. The lowest BCUT2D eigenvalue weighted by molar-refractivity contribution is 0.0696. The Kier molecular flexibility index (Phi) is 3.55. The lowest BCUT2D eigenvalue weighted by Gasteiger charge is -2.08. The van der Waals surface area contributed by atoms with Crippen molar-refractivity contribution in [1.82, 2.24) is 4.98 Å². The van der Waals surface area contributed by atoms with Crippen LogP contribution in [0.25, 0.3) is 11.3 Å². The molecule has 0 aliphatic rings. The average Bonchev–Trinajstić information content (AvgIpc) is 2.30. The third-order valence-electron chi connectivity index (χ3n) is 2.55. The van der Waals surface area contributed by atoms with Crippen molar-refractivity contribution in [3.63, 3.8) is 0 Å². The quantitative estimate of drug-likeness (QED) is 0.903. The summed E-state index contributed by atoms with van der Waals surface area (Å²) < 4.78 is 0. The monoisotopic (exact) mass is 281 g/mol. The number of aromatic carboxylic acids is 1. The number of aryl methyl sites for hydroxylation is 1. The number of hydrogen-bond acceptors (Lipinski definition) is 2. The minimum atomic E-state index is -1.00. The summed E-state index contributed by atoms with van der Waals surface area (Å²) in [5.74, 6) is -1.00. The molecule has 2 aromatic rings. The lowest BCUT2D eigenvalue weighted by Crippen LogP contribution is -2.01. The van der Waals surface area contributed by atoms with E-state index in [-0.39, 0.29) is 5.56 Å². The van der Waals surface area contributed by atoms with Crippen LogP contribution in [-0.4, -0.2) is 16.1 Å². The fourth-order valence-electron chi connectivity index (χ4n) is 1.63. The van der Waals surface area contributed by atoms with E-state index in [9.17, 15) is 4.79 Å². The Bertz CT molecular complexity index is 606. The van der Waals surface area contributed by atoms with Crippen molar-refractivity contribution in [3.8, 4) is 11.3 Å². The van der Waals surface area contributed by atoms with Crippen LogP contribution in [0.3, 0.4) is 0 Å². The van der Waals surface area contributed by atoms with Crippen LogP contribution in [0.4, 0.5) is 0 Å². The smallest absolute Gasteiger partial charge is 0.336 e. The van der Waals surface area contributed by atoms with Gasteiger partial charge in [-0.15, -0.1) is 0 Å². The maximum absolute atomic E-state index is 11.1. The van der Waals surface area contributed by atoms with Gasteiger partial charge in [0.05, 0.1) is 21.3 Å². The summed E-state index contributed by atoms with van der Waals surface area (Å²) in [4.78, 5) is 15.3. The van der Waals surface area contributed by atoms with Crippen LogP contribution in [0.5, 0.6) is 0 Å². The molecular weight excluding hydrogens is 273 g/mol. The maximum atomic E-state index is 11.1. The molecule has 0 amide bonds. The van der Waals surface area contributed by atoms with E-state index in [1.807, 2.05) is 0 Å². The summed E-state index contributed by atoms with van der Waals surface area (Å²) in [7, 11) is 0. The fraction of sp³-hybridized carbons (Fsp3) is 0.0769. The summed E-state index contributed by atoms with van der Waals surface area (Å²) in [5.41, 5.74) is 1.78. The number of rotatable bonds is 2. The topological polar surface area (TPSA) is 50.2 Å². The molecular formula is C13H9Cl2NO2. The number of halogens is 2. The summed E-state index contributed by atoms with van der Waals surface area (Å²) in [6.07, 6.45) is 1.50. The molecule has 0 fully saturated rings. The second-order valence-corrected chi connectivity index (χ2v) is 4.60. The number of carboxylic acid groups (broad SMARTS) is 1. The minimum absolute atomic E-state index is 0.191. The highest BCUT2D eigenvalue weighted by atomic mass is 35.5. The van der Waals surface area contributed by atoms with Gasteiger partial charge in [-0.1, -0.05) is 29.3 Å². The Hall–Kier alpha value is -1.58. The Labute approximate surface area is 114 Å². The van der Waals surface area contributed by atoms with Gasteiger partial charge in [0.2, 0.25) is 0 Å². The Morgan fingerprint density at radius 1 is 1.28 bits per heavy atom. The number of pyridine rings is 1. The Morgan fingerprint density at radius 3 is 2.44 bits per heavy atom. The Morgan fingerprint density at radius 2 is 1.89 bits per heavy atom. The third-order valence-corrected chi connectivity index (χ3v) is 3.18. The van der Waals surface area contributed by atoms with Crippen molar-refractivity contribution >= 4 is 29.2 Å². The summed E-state index contributed by atoms with van der Waals surface area (Å²) in [6.45, 7) is 1.69. The summed E-state index contributed by atoms with van der Waals surface area (Å²) >= 11 is 12.1. The number of carbonyl (C=O) groups is 1. The molecule has 0 bridgehead atoms. The molecule has 1 N–H and O–H groups in total. The van der Waals surface area contributed by atoms with Crippen molar-refractivity contribution in [2.45, 2.75) is 6.92 Å². The van der Waals surface area contributed by atoms with Crippen molar-refractivity contribution in [2.75, 3.05) is 0 Å². The summed E-state index contributed by atoms with van der Waals surface area (Å²) in [5, 5.41) is 9.96. The van der Waals surface area contributed by atoms with Gasteiger partial charge in [0.25, 0.3) is 0 Å². The summed E-state index contributed by atoms with van der Waals surface area (Å²) in [6, 6.07) is 6.57. The molecule has 0 unspecified atom stereocenters. The zero-order valence-corrected chi connectivity index (χ0v) is 11.0. The third kappa shape index (κ3) is 2.33.